The standard InChI is InChI=1S/C13H16FN3O3S/c1-2-17(9-13(16)18)21(19,20)12-6-5-10(4-3-7-15)8-11(12)14/h5-6,8H,2,7,9,15H2,1H3,(H2,16,18). The quantitative estimate of drug-likeness (QED) is 0.723. The summed E-state index contributed by atoms with van der Waals surface area (Å²) in [5, 5.41) is 0. The number of benzene rings is 1. The molecule has 0 bridgehead atoms. The molecule has 0 atom stereocenters. The highest BCUT2D eigenvalue weighted by atomic mass is 32.2. The van der Waals surface area contributed by atoms with Gasteiger partial charge in [0, 0.05) is 12.1 Å². The van der Waals surface area contributed by atoms with Gasteiger partial charge in [-0.1, -0.05) is 18.8 Å². The van der Waals surface area contributed by atoms with Crippen LogP contribution in [0.1, 0.15) is 12.5 Å². The zero-order chi connectivity index (χ0) is 16.0. The lowest BCUT2D eigenvalue weighted by Gasteiger charge is -2.19. The molecule has 0 saturated heterocycles. The van der Waals surface area contributed by atoms with E-state index in [2.05, 4.69) is 11.8 Å². The van der Waals surface area contributed by atoms with Gasteiger partial charge in [-0.15, -0.1) is 0 Å². The Morgan fingerprint density at radius 3 is 2.57 bits per heavy atom. The molecule has 114 valence electrons. The number of rotatable bonds is 5. The molecule has 0 unspecified atom stereocenters. The third-order valence-corrected chi connectivity index (χ3v) is 4.52. The Bertz CT molecular complexity index is 692. The molecule has 0 saturated carbocycles. The lowest BCUT2D eigenvalue weighted by atomic mass is 10.2. The number of carbonyl (C=O) groups is 1. The number of hydrogen-bond acceptors (Lipinski definition) is 4. The summed E-state index contributed by atoms with van der Waals surface area (Å²) in [5.74, 6) is 3.39. The highest BCUT2D eigenvalue weighted by Crippen LogP contribution is 2.20. The Hall–Kier alpha value is -1.95. The first-order chi connectivity index (χ1) is 9.82. The van der Waals surface area contributed by atoms with E-state index in [1.807, 2.05) is 0 Å². The van der Waals surface area contributed by atoms with Crippen molar-refractivity contribution in [2.75, 3.05) is 19.6 Å². The molecule has 0 aromatic heterocycles. The third-order valence-electron chi connectivity index (χ3n) is 2.57. The Kier molecular flexibility index (Phi) is 5.84. The minimum Gasteiger partial charge on any atom is -0.369 e. The first-order valence-electron chi connectivity index (χ1n) is 6.09. The van der Waals surface area contributed by atoms with E-state index in [1.165, 1.54) is 13.0 Å². The second kappa shape index (κ2) is 7.17. The summed E-state index contributed by atoms with van der Waals surface area (Å²) in [4.78, 5) is 10.4. The Morgan fingerprint density at radius 1 is 1.43 bits per heavy atom. The molecule has 0 spiro atoms. The van der Waals surface area contributed by atoms with Crippen LogP contribution in [0.4, 0.5) is 4.39 Å². The fourth-order valence-electron chi connectivity index (χ4n) is 1.62. The highest BCUT2D eigenvalue weighted by molar-refractivity contribution is 7.89. The van der Waals surface area contributed by atoms with Gasteiger partial charge in [-0.3, -0.25) is 4.79 Å². The van der Waals surface area contributed by atoms with Crippen LogP contribution in [-0.4, -0.2) is 38.3 Å². The Labute approximate surface area is 123 Å². The average molecular weight is 313 g/mol. The van der Waals surface area contributed by atoms with E-state index in [9.17, 15) is 17.6 Å². The maximum Gasteiger partial charge on any atom is 0.246 e. The number of halogens is 1. The van der Waals surface area contributed by atoms with Gasteiger partial charge in [0.15, 0.2) is 0 Å². The molecule has 0 aliphatic heterocycles. The number of primary amides is 1. The molecule has 8 heteroatoms. The second-order valence-electron chi connectivity index (χ2n) is 4.05. The topological polar surface area (TPSA) is 106 Å². The Morgan fingerprint density at radius 2 is 2.10 bits per heavy atom. The summed E-state index contributed by atoms with van der Waals surface area (Å²) in [6, 6.07) is 3.49. The number of nitrogens with two attached hydrogens (primary N) is 2. The second-order valence-corrected chi connectivity index (χ2v) is 5.95. The maximum atomic E-state index is 14.0. The van der Waals surface area contributed by atoms with Gasteiger partial charge in [-0.2, -0.15) is 4.31 Å². The van der Waals surface area contributed by atoms with Crippen LogP contribution in [0.3, 0.4) is 0 Å². The first-order valence-corrected chi connectivity index (χ1v) is 7.53. The average Bonchev–Trinajstić information content (AvgIpc) is 2.41. The third kappa shape index (κ3) is 4.26. The van der Waals surface area contributed by atoms with Crippen molar-refractivity contribution in [3.8, 4) is 11.8 Å². The predicted octanol–water partition coefficient (Wildman–Crippen LogP) is -0.368. The van der Waals surface area contributed by atoms with Gasteiger partial charge >= 0.3 is 0 Å². The minimum atomic E-state index is -4.13. The number of likely N-dealkylation sites (N-methyl/N-ethyl adjacent to an activating group) is 1. The summed E-state index contributed by atoms with van der Waals surface area (Å²) < 4.78 is 39.3. The molecule has 1 aromatic carbocycles. The van der Waals surface area contributed by atoms with Crippen molar-refractivity contribution in [1.29, 1.82) is 0 Å². The largest absolute Gasteiger partial charge is 0.369 e. The van der Waals surface area contributed by atoms with Gasteiger partial charge < -0.3 is 11.5 Å². The molecular formula is C13H16FN3O3S. The van der Waals surface area contributed by atoms with E-state index in [0.717, 1.165) is 16.4 Å². The monoisotopic (exact) mass is 313 g/mol. The number of carbonyl (C=O) groups excluding carboxylic acids is 1. The number of nitrogens with zero attached hydrogens (tertiary/aromatic N) is 1. The summed E-state index contributed by atoms with van der Waals surface area (Å²) in [6.45, 7) is 1.13. The first kappa shape index (κ1) is 17.1. The summed E-state index contributed by atoms with van der Waals surface area (Å²) in [5.41, 5.74) is 10.5. The molecule has 0 aliphatic rings. The zero-order valence-corrected chi connectivity index (χ0v) is 12.3. The zero-order valence-electron chi connectivity index (χ0n) is 11.5. The van der Waals surface area contributed by atoms with Crippen molar-refractivity contribution < 1.29 is 17.6 Å². The van der Waals surface area contributed by atoms with Crippen LogP contribution in [0.5, 0.6) is 0 Å². The van der Waals surface area contributed by atoms with Crippen LogP contribution in [-0.2, 0) is 14.8 Å². The molecule has 0 radical (unpaired) electrons. The van der Waals surface area contributed by atoms with Crippen LogP contribution in [0.2, 0.25) is 0 Å². The molecule has 0 aliphatic carbocycles. The van der Waals surface area contributed by atoms with Crippen molar-refractivity contribution >= 4 is 15.9 Å². The van der Waals surface area contributed by atoms with Crippen molar-refractivity contribution in [2.24, 2.45) is 11.5 Å². The van der Waals surface area contributed by atoms with E-state index in [4.69, 9.17) is 11.5 Å². The molecule has 4 N–H and O–H groups in total. The van der Waals surface area contributed by atoms with Crippen LogP contribution in [0.25, 0.3) is 0 Å². The summed E-state index contributed by atoms with van der Waals surface area (Å²) in [7, 11) is -4.13. The van der Waals surface area contributed by atoms with Crippen molar-refractivity contribution in [1.82, 2.24) is 4.31 Å². The van der Waals surface area contributed by atoms with Crippen LogP contribution >= 0.6 is 0 Å². The van der Waals surface area contributed by atoms with Crippen molar-refractivity contribution in [3.05, 3.63) is 29.6 Å². The number of hydrogen-bond donors (Lipinski definition) is 2. The highest BCUT2D eigenvalue weighted by Gasteiger charge is 2.27. The predicted molar refractivity (Wildman–Crippen MR) is 76.0 cm³/mol. The lowest BCUT2D eigenvalue weighted by molar-refractivity contribution is -0.118. The maximum absolute atomic E-state index is 14.0. The molecule has 1 amide bonds. The Balaban J connectivity index is 3.22. The van der Waals surface area contributed by atoms with Crippen LogP contribution < -0.4 is 11.5 Å². The molecule has 6 nitrogen and oxygen atoms in total. The van der Waals surface area contributed by atoms with Crippen LogP contribution in [0, 0.1) is 17.7 Å². The van der Waals surface area contributed by atoms with Crippen LogP contribution in [0.15, 0.2) is 23.1 Å². The number of sulfonamides is 1. The smallest absolute Gasteiger partial charge is 0.246 e. The molecule has 1 rings (SSSR count). The van der Waals surface area contributed by atoms with E-state index in [0.29, 0.717) is 5.56 Å². The number of amides is 1. The van der Waals surface area contributed by atoms with E-state index >= 15 is 0 Å². The molecule has 1 aromatic rings. The van der Waals surface area contributed by atoms with Gasteiger partial charge in [-0.25, -0.2) is 12.8 Å². The van der Waals surface area contributed by atoms with E-state index < -0.39 is 33.2 Å². The minimum absolute atomic E-state index is 0.000552. The SMILES string of the molecule is CCN(CC(N)=O)S(=O)(=O)c1ccc(C#CCN)cc1F. The van der Waals surface area contributed by atoms with Crippen molar-refractivity contribution in [2.45, 2.75) is 11.8 Å². The van der Waals surface area contributed by atoms with Gasteiger partial charge in [0.2, 0.25) is 15.9 Å². The van der Waals surface area contributed by atoms with E-state index in [1.54, 1.807) is 0 Å². The molecular weight excluding hydrogens is 297 g/mol. The van der Waals surface area contributed by atoms with Gasteiger partial charge in [0.1, 0.15) is 10.7 Å². The van der Waals surface area contributed by atoms with Gasteiger partial charge in [0.25, 0.3) is 0 Å². The lowest BCUT2D eigenvalue weighted by Crippen LogP contribution is -2.38. The van der Waals surface area contributed by atoms with Gasteiger partial charge in [-0.05, 0) is 18.2 Å². The van der Waals surface area contributed by atoms with E-state index in [-0.39, 0.29) is 13.1 Å². The molecule has 0 fully saturated rings. The molecule has 0 heterocycles. The van der Waals surface area contributed by atoms with Crippen molar-refractivity contribution in [3.63, 3.8) is 0 Å². The summed E-state index contributed by atoms with van der Waals surface area (Å²) in [6.07, 6.45) is 0. The summed E-state index contributed by atoms with van der Waals surface area (Å²) >= 11 is 0. The normalized spacial score (nSPS) is 11.0. The molecule has 21 heavy (non-hydrogen) atoms. The fraction of sp³-hybridized carbons (Fsp3) is 0.308. The van der Waals surface area contributed by atoms with Gasteiger partial charge in [0.05, 0.1) is 13.1 Å². The fourth-order valence-corrected chi connectivity index (χ4v) is 3.08.